The van der Waals surface area contributed by atoms with Gasteiger partial charge in [0.05, 0.1) is 10.6 Å². The molecule has 0 bridgehead atoms. The Morgan fingerprint density at radius 3 is 2.73 bits per heavy atom. The molecular formula is C18H25N3O4S. The zero-order valence-corrected chi connectivity index (χ0v) is 15.9. The van der Waals surface area contributed by atoms with Crippen molar-refractivity contribution in [1.82, 2.24) is 9.62 Å². The summed E-state index contributed by atoms with van der Waals surface area (Å²) in [5.74, 6) is 0.140. The number of carbonyl (C=O) groups excluding carboxylic acids is 1. The zero-order valence-electron chi connectivity index (χ0n) is 15.1. The van der Waals surface area contributed by atoms with Crippen LogP contribution in [0.3, 0.4) is 0 Å². The molecule has 0 radical (unpaired) electrons. The number of anilines is 1. The largest absolute Gasteiger partial charge is 0.479 e. The van der Waals surface area contributed by atoms with E-state index in [0.29, 0.717) is 17.0 Å². The van der Waals surface area contributed by atoms with E-state index in [2.05, 4.69) is 21.5 Å². The lowest BCUT2D eigenvalue weighted by Gasteiger charge is -2.31. The average Bonchev–Trinajstić information content (AvgIpc) is 2.57. The number of sulfonamides is 1. The highest BCUT2D eigenvalue weighted by molar-refractivity contribution is 7.89. The van der Waals surface area contributed by atoms with Crippen molar-refractivity contribution in [2.45, 2.75) is 43.7 Å². The van der Waals surface area contributed by atoms with E-state index in [-0.39, 0.29) is 16.8 Å². The van der Waals surface area contributed by atoms with Gasteiger partial charge < -0.3 is 10.1 Å². The summed E-state index contributed by atoms with van der Waals surface area (Å²) in [6.07, 6.45) is 2.74. The van der Waals surface area contributed by atoms with Gasteiger partial charge in [0.25, 0.3) is 5.91 Å². The van der Waals surface area contributed by atoms with Gasteiger partial charge >= 0.3 is 0 Å². The van der Waals surface area contributed by atoms with Crippen LogP contribution >= 0.6 is 0 Å². The second-order valence-electron chi connectivity index (χ2n) is 6.85. The molecule has 2 aliphatic rings. The first kappa shape index (κ1) is 18.9. The fraction of sp³-hybridized carbons (Fsp3) is 0.500. The molecule has 1 aromatic rings. The number of piperidine rings is 1. The Kier molecular flexibility index (Phi) is 5.36. The molecule has 1 fully saturated rings. The summed E-state index contributed by atoms with van der Waals surface area (Å²) >= 11 is 0. The molecule has 1 saturated heterocycles. The van der Waals surface area contributed by atoms with E-state index in [1.165, 1.54) is 6.07 Å². The van der Waals surface area contributed by atoms with Gasteiger partial charge in [0.2, 0.25) is 10.0 Å². The summed E-state index contributed by atoms with van der Waals surface area (Å²) in [4.78, 5) is 14.1. The normalized spacial score (nSPS) is 21.6. The van der Waals surface area contributed by atoms with E-state index >= 15 is 0 Å². The molecule has 7 nitrogen and oxygen atoms in total. The molecule has 0 aromatic heterocycles. The van der Waals surface area contributed by atoms with Crippen molar-refractivity contribution in [3.63, 3.8) is 0 Å². The molecule has 2 aliphatic heterocycles. The number of aryl methyl sites for hydroxylation is 1. The van der Waals surface area contributed by atoms with E-state index in [9.17, 15) is 13.2 Å². The van der Waals surface area contributed by atoms with Gasteiger partial charge in [0.1, 0.15) is 5.75 Å². The maximum atomic E-state index is 12.9. The van der Waals surface area contributed by atoms with Crippen LogP contribution < -0.4 is 14.8 Å². The third-order valence-electron chi connectivity index (χ3n) is 4.79. The minimum atomic E-state index is -3.67. The highest BCUT2D eigenvalue weighted by Crippen LogP contribution is 2.34. The predicted octanol–water partition coefficient (Wildman–Crippen LogP) is 1.64. The van der Waals surface area contributed by atoms with E-state index in [0.717, 1.165) is 32.5 Å². The number of ether oxygens (including phenoxy) is 1. The molecule has 1 atom stereocenters. The van der Waals surface area contributed by atoms with Gasteiger partial charge in [-0.1, -0.05) is 6.08 Å². The summed E-state index contributed by atoms with van der Waals surface area (Å²) in [7, 11) is -3.67. The van der Waals surface area contributed by atoms with Crippen LogP contribution in [0.4, 0.5) is 5.69 Å². The van der Waals surface area contributed by atoms with Crippen LogP contribution in [0, 0.1) is 6.92 Å². The molecular weight excluding hydrogens is 354 g/mol. The minimum Gasteiger partial charge on any atom is -0.479 e. The van der Waals surface area contributed by atoms with Crippen LogP contribution in [0.25, 0.3) is 0 Å². The zero-order chi connectivity index (χ0) is 18.9. The molecule has 8 heteroatoms. The molecule has 0 spiro atoms. The SMILES string of the molecule is C=CCN1CCC(NS(=O)(=O)c2cc3c(cc2C)NC(=O)C(C)O3)CC1. The van der Waals surface area contributed by atoms with Crippen LogP contribution in [0.5, 0.6) is 5.75 Å². The van der Waals surface area contributed by atoms with Crippen LogP contribution in [0.2, 0.25) is 0 Å². The molecule has 3 rings (SSSR count). The van der Waals surface area contributed by atoms with E-state index in [1.54, 1.807) is 19.9 Å². The van der Waals surface area contributed by atoms with Crippen LogP contribution in [0.1, 0.15) is 25.3 Å². The molecule has 26 heavy (non-hydrogen) atoms. The summed E-state index contributed by atoms with van der Waals surface area (Å²) < 4.78 is 34.1. The fourth-order valence-electron chi connectivity index (χ4n) is 3.33. The van der Waals surface area contributed by atoms with E-state index < -0.39 is 16.1 Å². The molecule has 1 unspecified atom stereocenters. The number of fused-ring (bicyclic) bond motifs is 1. The van der Waals surface area contributed by atoms with Gasteiger partial charge in [0.15, 0.2) is 6.10 Å². The number of nitrogens with one attached hydrogen (secondary N) is 2. The molecule has 0 saturated carbocycles. The highest BCUT2D eigenvalue weighted by Gasteiger charge is 2.29. The van der Waals surface area contributed by atoms with Crippen molar-refractivity contribution in [1.29, 1.82) is 0 Å². The third-order valence-corrected chi connectivity index (χ3v) is 6.46. The Hall–Kier alpha value is -1.90. The standard InChI is InChI=1S/C18H25N3O4S/c1-4-7-21-8-5-14(6-9-21)20-26(23,24)17-11-16-15(10-12(17)2)19-18(22)13(3)25-16/h4,10-11,13-14,20H,1,5-9H2,2-3H3,(H,19,22). The number of nitrogens with zero attached hydrogens (tertiary/aromatic N) is 1. The van der Waals surface area contributed by atoms with Crippen molar-refractivity contribution in [2.75, 3.05) is 25.0 Å². The highest BCUT2D eigenvalue weighted by atomic mass is 32.2. The van der Waals surface area contributed by atoms with Gasteiger partial charge in [-0.05, 0) is 51.4 Å². The summed E-state index contributed by atoms with van der Waals surface area (Å²) in [6.45, 7) is 9.59. The van der Waals surface area contributed by atoms with Gasteiger partial charge in [0, 0.05) is 18.7 Å². The van der Waals surface area contributed by atoms with Gasteiger partial charge in [-0.15, -0.1) is 6.58 Å². The Morgan fingerprint density at radius 2 is 2.08 bits per heavy atom. The number of amides is 1. The van der Waals surface area contributed by atoms with Crippen molar-refractivity contribution in [3.8, 4) is 5.75 Å². The Bertz CT molecular complexity index is 814. The van der Waals surface area contributed by atoms with Crippen molar-refractivity contribution in [3.05, 3.63) is 30.4 Å². The third kappa shape index (κ3) is 3.92. The van der Waals surface area contributed by atoms with Crippen LogP contribution in [-0.2, 0) is 14.8 Å². The van der Waals surface area contributed by atoms with Crippen molar-refractivity contribution < 1.29 is 17.9 Å². The molecule has 142 valence electrons. The van der Waals surface area contributed by atoms with Gasteiger partial charge in [-0.25, -0.2) is 13.1 Å². The number of hydrogen-bond donors (Lipinski definition) is 2. The first-order chi connectivity index (χ1) is 12.3. The Labute approximate surface area is 154 Å². The summed E-state index contributed by atoms with van der Waals surface area (Å²) in [6, 6.07) is 3.05. The second kappa shape index (κ2) is 7.38. The molecule has 2 N–H and O–H groups in total. The first-order valence-electron chi connectivity index (χ1n) is 8.78. The second-order valence-corrected chi connectivity index (χ2v) is 8.53. The van der Waals surface area contributed by atoms with Crippen LogP contribution in [0.15, 0.2) is 29.7 Å². The quantitative estimate of drug-likeness (QED) is 0.760. The number of carbonyl (C=O) groups is 1. The number of rotatable bonds is 5. The van der Waals surface area contributed by atoms with Crippen molar-refractivity contribution >= 4 is 21.6 Å². The first-order valence-corrected chi connectivity index (χ1v) is 10.3. The summed E-state index contributed by atoms with van der Waals surface area (Å²) in [5, 5.41) is 2.73. The molecule has 1 aromatic carbocycles. The smallest absolute Gasteiger partial charge is 0.265 e. The lowest BCUT2D eigenvalue weighted by atomic mass is 10.1. The molecule has 2 heterocycles. The molecule has 1 amide bonds. The van der Waals surface area contributed by atoms with E-state index in [1.807, 2.05) is 6.08 Å². The van der Waals surface area contributed by atoms with Crippen molar-refractivity contribution in [2.24, 2.45) is 0 Å². The number of hydrogen-bond acceptors (Lipinski definition) is 5. The number of benzene rings is 1. The van der Waals surface area contributed by atoms with Crippen LogP contribution in [-0.4, -0.2) is 51.0 Å². The average molecular weight is 379 g/mol. The van der Waals surface area contributed by atoms with E-state index in [4.69, 9.17) is 4.74 Å². The van der Waals surface area contributed by atoms with Gasteiger partial charge in [-0.2, -0.15) is 0 Å². The maximum Gasteiger partial charge on any atom is 0.265 e. The minimum absolute atomic E-state index is 0.0870. The monoisotopic (exact) mass is 379 g/mol. The lowest BCUT2D eigenvalue weighted by Crippen LogP contribution is -2.44. The number of likely N-dealkylation sites (tertiary alicyclic amines) is 1. The molecule has 0 aliphatic carbocycles. The Balaban J connectivity index is 1.77. The fourth-order valence-corrected chi connectivity index (χ4v) is 4.88. The van der Waals surface area contributed by atoms with Gasteiger partial charge in [-0.3, -0.25) is 9.69 Å². The maximum absolute atomic E-state index is 12.9. The summed E-state index contributed by atoms with van der Waals surface area (Å²) in [5.41, 5.74) is 1.07. The predicted molar refractivity (Wildman–Crippen MR) is 99.9 cm³/mol. The lowest BCUT2D eigenvalue weighted by molar-refractivity contribution is -0.122. The topological polar surface area (TPSA) is 87.7 Å². The Morgan fingerprint density at radius 1 is 1.38 bits per heavy atom.